The first-order valence-corrected chi connectivity index (χ1v) is 10.8. The van der Waals surface area contributed by atoms with Crippen molar-refractivity contribution in [2.24, 2.45) is 0 Å². The van der Waals surface area contributed by atoms with Crippen molar-refractivity contribution in [3.63, 3.8) is 0 Å². The van der Waals surface area contributed by atoms with Crippen molar-refractivity contribution < 1.29 is 28.0 Å². The zero-order chi connectivity index (χ0) is 24.6. The molecule has 1 unspecified atom stereocenters. The van der Waals surface area contributed by atoms with Gasteiger partial charge in [0.1, 0.15) is 22.5 Å². The number of para-hydroxylation sites is 1. The zero-order valence-corrected chi connectivity index (χ0v) is 19.2. The van der Waals surface area contributed by atoms with Crippen LogP contribution in [0.15, 0.2) is 41.4 Å². The van der Waals surface area contributed by atoms with Crippen molar-refractivity contribution in [3.8, 4) is 11.5 Å². The van der Waals surface area contributed by atoms with Crippen LogP contribution in [0.2, 0.25) is 0 Å². The van der Waals surface area contributed by atoms with E-state index >= 15 is 8.78 Å². The van der Waals surface area contributed by atoms with Gasteiger partial charge in [-0.05, 0) is 30.5 Å². The smallest absolute Gasteiger partial charge is 0.292 e. The molecule has 2 aromatic carbocycles. The van der Waals surface area contributed by atoms with Crippen molar-refractivity contribution in [1.29, 1.82) is 0 Å². The number of fused-ring (bicyclic) bond motifs is 1. The van der Waals surface area contributed by atoms with Gasteiger partial charge in [0.25, 0.3) is 5.69 Å². The molecule has 3 aromatic rings. The SMILES string of the molecule is COc1cc(OC)c(F)c(C2(C=O)Cc3cc(Nc4c(C)cccc4[N+](=O)[O-])ncc3S2)c1F. The summed E-state index contributed by atoms with van der Waals surface area (Å²) in [5, 5.41) is 14.4. The second kappa shape index (κ2) is 8.90. The summed E-state index contributed by atoms with van der Waals surface area (Å²) in [6.07, 6.45) is 1.93. The van der Waals surface area contributed by atoms with E-state index in [2.05, 4.69) is 10.3 Å². The van der Waals surface area contributed by atoms with Crippen LogP contribution in [0.4, 0.5) is 26.0 Å². The first kappa shape index (κ1) is 23.4. The summed E-state index contributed by atoms with van der Waals surface area (Å²) in [5.74, 6) is -2.19. The molecular weight excluding hydrogens is 468 g/mol. The number of carbonyl (C=O) groups excluding carboxylic acids is 1. The number of rotatable bonds is 7. The van der Waals surface area contributed by atoms with Crippen LogP contribution in [-0.2, 0) is 16.0 Å². The van der Waals surface area contributed by atoms with E-state index in [1.807, 2.05) is 0 Å². The van der Waals surface area contributed by atoms with Gasteiger partial charge in [-0.25, -0.2) is 13.8 Å². The van der Waals surface area contributed by atoms with E-state index in [0.717, 1.165) is 17.8 Å². The summed E-state index contributed by atoms with van der Waals surface area (Å²) in [7, 11) is 2.46. The first-order valence-electron chi connectivity index (χ1n) is 10.0. The number of aldehydes is 1. The third kappa shape index (κ3) is 3.81. The molecule has 0 aliphatic carbocycles. The molecule has 1 aliphatic rings. The quantitative estimate of drug-likeness (QED) is 0.280. The second-order valence-corrected chi connectivity index (χ2v) is 8.97. The summed E-state index contributed by atoms with van der Waals surface area (Å²) < 4.78 is 38.8. The second-order valence-electron chi connectivity index (χ2n) is 7.60. The van der Waals surface area contributed by atoms with Crippen LogP contribution in [0.1, 0.15) is 16.7 Å². The Hall–Kier alpha value is -3.73. The minimum atomic E-state index is -1.62. The Balaban J connectivity index is 1.75. The number of nitro groups is 1. The first-order chi connectivity index (χ1) is 16.2. The van der Waals surface area contributed by atoms with Gasteiger partial charge in [-0.2, -0.15) is 0 Å². The normalized spacial score (nSPS) is 16.6. The minimum absolute atomic E-state index is 0.0340. The molecule has 8 nitrogen and oxygen atoms in total. The molecule has 0 spiro atoms. The molecule has 34 heavy (non-hydrogen) atoms. The molecule has 0 radical (unpaired) electrons. The Kier molecular flexibility index (Phi) is 6.13. The molecule has 0 saturated heterocycles. The Bertz CT molecular complexity index is 1290. The van der Waals surface area contributed by atoms with Gasteiger partial charge in [0.15, 0.2) is 23.1 Å². The summed E-state index contributed by atoms with van der Waals surface area (Å²) in [6, 6.07) is 7.36. The average molecular weight is 487 g/mol. The monoisotopic (exact) mass is 487 g/mol. The van der Waals surface area contributed by atoms with Crippen molar-refractivity contribution in [2.75, 3.05) is 19.5 Å². The Morgan fingerprint density at radius 2 is 1.88 bits per heavy atom. The predicted octanol–water partition coefficient (Wildman–Crippen LogP) is 5.08. The van der Waals surface area contributed by atoms with Crippen LogP contribution in [-0.4, -0.2) is 30.4 Å². The maximum Gasteiger partial charge on any atom is 0.292 e. The molecule has 0 fully saturated rings. The molecule has 4 rings (SSSR count). The van der Waals surface area contributed by atoms with E-state index in [-0.39, 0.29) is 29.3 Å². The van der Waals surface area contributed by atoms with Crippen LogP contribution < -0.4 is 14.8 Å². The lowest BCUT2D eigenvalue weighted by Crippen LogP contribution is -2.27. The highest BCUT2D eigenvalue weighted by Crippen LogP contribution is 2.53. The van der Waals surface area contributed by atoms with E-state index < -0.39 is 26.9 Å². The summed E-state index contributed by atoms with van der Waals surface area (Å²) in [4.78, 5) is 28.0. The fourth-order valence-corrected chi connectivity index (χ4v) is 5.23. The van der Waals surface area contributed by atoms with Gasteiger partial charge >= 0.3 is 0 Å². The van der Waals surface area contributed by atoms with Crippen LogP contribution in [0.5, 0.6) is 11.5 Å². The highest BCUT2D eigenvalue weighted by molar-refractivity contribution is 8.01. The third-order valence-corrected chi connectivity index (χ3v) is 6.98. The number of carbonyl (C=O) groups is 1. The maximum atomic E-state index is 15.2. The van der Waals surface area contributed by atoms with Gasteiger partial charge in [-0.15, -0.1) is 11.8 Å². The highest BCUT2D eigenvalue weighted by Gasteiger charge is 2.46. The average Bonchev–Trinajstić information content (AvgIpc) is 3.19. The molecule has 2 heterocycles. The van der Waals surface area contributed by atoms with Crippen LogP contribution in [0.25, 0.3) is 0 Å². The molecule has 1 atom stereocenters. The van der Waals surface area contributed by atoms with E-state index in [1.165, 1.54) is 26.5 Å². The molecule has 11 heteroatoms. The Morgan fingerprint density at radius 3 is 2.47 bits per heavy atom. The van der Waals surface area contributed by atoms with Crippen molar-refractivity contribution in [3.05, 3.63) is 75.0 Å². The number of aromatic nitrogens is 1. The summed E-state index contributed by atoms with van der Waals surface area (Å²) in [5.41, 5.74) is 0.935. The van der Waals surface area contributed by atoms with E-state index in [0.29, 0.717) is 28.1 Å². The molecule has 176 valence electrons. The van der Waals surface area contributed by atoms with Crippen molar-refractivity contribution in [2.45, 2.75) is 23.0 Å². The Morgan fingerprint density at radius 1 is 1.21 bits per heavy atom. The molecular formula is C23H19F2N3O5S. The number of anilines is 2. The number of nitrogens with zero attached hydrogens (tertiary/aromatic N) is 2. The van der Waals surface area contributed by atoms with Gasteiger partial charge in [0, 0.05) is 23.2 Å². The molecule has 0 saturated carbocycles. The third-order valence-electron chi connectivity index (χ3n) is 5.58. The summed E-state index contributed by atoms with van der Waals surface area (Å²) in [6.45, 7) is 1.72. The number of pyridine rings is 1. The number of hydrogen-bond acceptors (Lipinski definition) is 8. The number of thioether (sulfide) groups is 1. The fraction of sp³-hybridized carbons (Fsp3) is 0.217. The number of halogens is 2. The number of ether oxygens (including phenoxy) is 2. The number of benzene rings is 2. The molecule has 1 aromatic heterocycles. The zero-order valence-electron chi connectivity index (χ0n) is 18.3. The van der Waals surface area contributed by atoms with Gasteiger partial charge in [0.2, 0.25) is 0 Å². The fourth-order valence-electron chi connectivity index (χ4n) is 3.91. The van der Waals surface area contributed by atoms with Crippen molar-refractivity contribution in [1.82, 2.24) is 4.98 Å². The standard InChI is InChI=1S/C23H19F2N3O5S/c1-12-5-4-6-14(28(30)31)22(12)27-18-7-13-9-23(11-29,34-17(13)10-26-18)19-20(24)15(32-2)8-16(33-3)21(19)25/h4-8,10-11H,9H2,1-3H3,(H,26,27). The highest BCUT2D eigenvalue weighted by atomic mass is 32.2. The van der Waals surface area contributed by atoms with Crippen LogP contribution in [0, 0.1) is 28.7 Å². The molecule has 1 aliphatic heterocycles. The predicted molar refractivity (Wildman–Crippen MR) is 122 cm³/mol. The topological polar surface area (TPSA) is 104 Å². The minimum Gasteiger partial charge on any atom is -0.494 e. The maximum absolute atomic E-state index is 15.2. The van der Waals surface area contributed by atoms with Gasteiger partial charge in [0.05, 0.1) is 24.7 Å². The van der Waals surface area contributed by atoms with E-state index in [1.54, 1.807) is 25.1 Å². The lowest BCUT2D eigenvalue weighted by molar-refractivity contribution is -0.384. The van der Waals surface area contributed by atoms with Gasteiger partial charge in [-0.3, -0.25) is 10.1 Å². The molecule has 0 amide bonds. The number of methoxy groups -OCH3 is 2. The lowest BCUT2D eigenvalue weighted by Gasteiger charge is -2.24. The van der Waals surface area contributed by atoms with E-state index in [4.69, 9.17) is 9.47 Å². The van der Waals surface area contributed by atoms with Crippen molar-refractivity contribution >= 4 is 35.2 Å². The number of nitrogens with one attached hydrogen (secondary N) is 1. The van der Waals surface area contributed by atoms with Crippen LogP contribution >= 0.6 is 11.8 Å². The number of aryl methyl sites for hydroxylation is 1. The van der Waals surface area contributed by atoms with E-state index in [9.17, 15) is 14.9 Å². The Labute approximate surface area is 197 Å². The summed E-state index contributed by atoms with van der Waals surface area (Å²) >= 11 is 0.972. The molecule has 0 bridgehead atoms. The number of nitro benzene ring substituents is 1. The largest absolute Gasteiger partial charge is 0.494 e. The number of hydrogen-bond donors (Lipinski definition) is 1. The van der Waals surface area contributed by atoms with Gasteiger partial charge < -0.3 is 19.6 Å². The lowest BCUT2D eigenvalue weighted by atomic mass is 9.91. The molecule has 1 N–H and O–H groups in total. The van der Waals surface area contributed by atoms with Gasteiger partial charge in [-0.1, -0.05) is 12.1 Å². The van der Waals surface area contributed by atoms with Crippen LogP contribution in [0.3, 0.4) is 0 Å².